The van der Waals surface area contributed by atoms with E-state index in [2.05, 4.69) is 16.0 Å². The normalized spacial score (nSPS) is 15.8. The minimum Gasteiger partial charge on any atom is -0.466 e. The fraction of sp³-hybridized carbons (Fsp3) is 0.533. The third kappa shape index (κ3) is 3.08. The van der Waals surface area contributed by atoms with Crippen LogP contribution in [0, 0.1) is 24.2 Å². The smallest absolute Gasteiger partial charge is 0.309 e. The number of carbonyl (C=O) groups excluding carboxylic acids is 1. The number of esters is 1. The van der Waals surface area contributed by atoms with Crippen molar-refractivity contribution in [3.63, 3.8) is 0 Å². The zero-order valence-electron chi connectivity index (χ0n) is 11.9. The van der Waals surface area contributed by atoms with E-state index in [0.29, 0.717) is 12.3 Å². The van der Waals surface area contributed by atoms with Crippen molar-refractivity contribution in [1.82, 2.24) is 4.98 Å². The van der Waals surface area contributed by atoms with Gasteiger partial charge >= 0.3 is 5.97 Å². The molecular weight excluding hydrogens is 254 g/mol. The maximum absolute atomic E-state index is 11.7. The monoisotopic (exact) mass is 273 g/mol. The summed E-state index contributed by atoms with van der Waals surface area (Å²) in [5.41, 5.74) is 2.37. The van der Waals surface area contributed by atoms with Gasteiger partial charge in [-0.2, -0.15) is 5.26 Å². The summed E-state index contributed by atoms with van der Waals surface area (Å²) in [6.45, 7) is 5.80. The van der Waals surface area contributed by atoms with Crippen LogP contribution in [0.15, 0.2) is 12.3 Å². The lowest BCUT2D eigenvalue weighted by atomic mass is 9.96. The van der Waals surface area contributed by atoms with Gasteiger partial charge in [0.15, 0.2) is 0 Å². The maximum atomic E-state index is 11.7. The summed E-state index contributed by atoms with van der Waals surface area (Å²) in [5.74, 6) is -0.0695. The highest BCUT2D eigenvalue weighted by molar-refractivity contribution is 5.72. The van der Waals surface area contributed by atoms with E-state index in [1.165, 1.54) is 0 Å². The predicted molar refractivity (Wildman–Crippen MR) is 75.3 cm³/mol. The molecule has 0 amide bonds. The fourth-order valence-corrected chi connectivity index (χ4v) is 2.48. The number of anilines is 1. The van der Waals surface area contributed by atoms with Crippen molar-refractivity contribution in [2.24, 2.45) is 5.92 Å². The molecular formula is C15H19N3O2. The average Bonchev–Trinajstić information content (AvgIpc) is 2.47. The van der Waals surface area contributed by atoms with Gasteiger partial charge in [0.25, 0.3) is 0 Å². The highest BCUT2D eigenvalue weighted by Gasteiger charge is 2.26. The first-order valence-electron chi connectivity index (χ1n) is 6.94. The van der Waals surface area contributed by atoms with E-state index in [0.717, 1.165) is 37.2 Å². The molecule has 0 saturated carbocycles. The second-order valence-electron chi connectivity index (χ2n) is 4.98. The van der Waals surface area contributed by atoms with Crippen LogP contribution in [0.5, 0.6) is 0 Å². The molecule has 0 N–H and O–H groups in total. The number of nitriles is 1. The molecule has 0 spiro atoms. The summed E-state index contributed by atoms with van der Waals surface area (Å²) in [5, 5.41) is 8.89. The first-order valence-corrected chi connectivity index (χ1v) is 6.94. The summed E-state index contributed by atoms with van der Waals surface area (Å²) >= 11 is 0. The van der Waals surface area contributed by atoms with E-state index >= 15 is 0 Å². The fourth-order valence-electron chi connectivity index (χ4n) is 2.48. The summed E-state index contributed by atoms with van der Waals surface area (Å²) in [6, 6.07) is 4.05. The Kier molecular flexibility index (Phi) is 4.57. The van der Waals surface area contributed by atoms with Crippen molar-refractivity contribution in [1.29, 1.82) is 5.26 Å². The number of nitrogens with zero attached hydrogens (tertiary/aromatic N) is 3. The molecule has 1 aromatic heterocycles. The minimum absolute atomic E-state index is 0.0126. The van der Waals surface area contributed by atoms with E-state index in [1.807, 2.05) is 19.9 Å². The molecule has 0 bridgehead atoms. The van der Waals surface area contributed by atoms with Crippen molar-refractivity contribution in [2.75, 3.05) is 24.6 Å². The van der Waals surface area contributed by atoms with E-state index in [9.17, 15) is 4.79 Å². The Morgan fingerprint density at radius 3 is 2.80 bits per heavy atom. The number of hydrogen-bond donors (Lipinski definition) is 0. The van der Waals surface area contributed by atoms with Gasteiger partial charge < -0.3 is 9.64 Å². The van der Waals surface area contributed by atoms with Gasteiger partial charge in [-0.25, -0.2) is 4.98 Å². The zero-order chi connectivity index (χ0) is 14.5. The van der Waals surface area contributed by atoms with Crippen molar-refractivity contribution in [3.05, 3.63) is 23.5 Å². The van der Waals surface area contributed by atoms with Crippen LogP contribution in [-0.4, -0.2) is 30.6 Å². The third-order valence-corrected chi connectivity index (χ3v) is 3.65. The standard InChI is InChI=1S/C15H19N3O2/c1-3-20-15(19)12-4-6-18(7-5-12)13-8-11(2)14(9-16)17-10-13/h8,10,12H,3-7H2,1-2H3. The number of aromatic nitrogens is 1. The van der Waals surface area contributed by atoms with E-state index < -0.39 is 0 Å². The molecule has 5 heteroatoms. The molecule has 106 valence electrons. The number of pyridine rings is 1. The van der Waals surface area contributed by atoms with Crippen LogP contribution in [0.1, 0.15) is 31.0 Å². The van der Waals surface area contributed by atoms with Crippen LogP contribution in [0.3, 0.4) is 0 Å². The molecule has 0 atom stereocenters. The van der Waals surface area contributed by atoms with Gasteiger partial charge in [-0.1, -0.05) is 0 Å². The van der Waals surface area contributed by atoms with Gasteiger partial charge in [0.2, 0.25) is 0 Å². The SMILES string of the molecule is CCOC(=O)C1CCN(c2cnc(C#N)c(C)c2)CC1. The van der Waals surface area contributed by atoms with Crippen LogP contribution in [0.2, 0.25) is 0 Å². The number of rotatable bonds is 3. The highest BCUT2D eigenvalue weighted by Crippen LogP contribution is 2.24. The summed E-state index contributed by atoms with van der Waals surface area (Å²) in [4.78, 5) is 18.1. The number of aryl methyl sites for hydroxylation is 1. The van der Waals surface area contributed by atoms with Crippen LogP contribution in [0.25, 0.3) is 0 Å². The average molecular weight is 273 g/mol. The van der Waals surface area contributed by atoms with Crippen LogP contribution >= 0.6 is 0 Å². The summed E-state index contributed by atoms with van der Waals surface area (Å²) in [6.07, 6.45) is 3.34. The Labute approximate surface area is 119 Å². The van der Waals surface area contributed by atoms with E-state index in [4.69, 9.17) is 10.00 Å². The Bertz CT molecular complexity index is 528. The number of carbonyl (C=O) groups is 1. The lowest BCUT2D eigenvalue weighted by molar-refractivity contribution is -0.148. The molecule has 1 aliphatic rings. The molecule has 1 fully saturated rings. The molecule has 0 aliphatic carbocycles. The van der Waals surface area contributed by atoms with Gasteiger partial charge in [0, 0.05) is 13.1 Å². The topological polar surface area (TPSA) is 66.2 Å². The van der Waals surface area contributed by atoms with Crippen LogP contribution < -0.4 is 4.90 Å². The Hall–Kier alpha value is -2.09. The third-order valence-electron chi connectivity index (χ3n) is 3.65. The molecule has 0 radical (unpaired) electrons. The van der Waals surface area contributed by atoms with Crippen molar-refractivity contribution in [2.45, 2.75) is 26.7 Å². The van der Waals surface area contributed by atoms with Crippen molar-refractivity contribution < 1.29 is 9.53 Å². The van der Waals surface area contributed by atoms with Crippen molar-refractivity contribution in [3.8, 4) is 6.07 Å². The van der Waals surface area contributed by atoms with Crippen molar-refractivity contribution >= 4 is 11.7 Å². The lowest BCUT2D eigenvalue weighted by Crippen LogP contribution is -2.37. The molecule has 20 heavy (non-hydrogen) atoms. The zero-order valence-corrected chi connectivity index (χ0v) is 11.9. The predicted octanol–water partition coefficient (Wildman–Crippen LogP) is 2.04. The second kappa shape index (κ2) is 6.38. The molecule has 2 rings (SSSR count). The van der Waals surface area contributed by atoms with Gasteiger partial charge in [0.1, 0.15) is 11.8 Å². The lowest BCUT2D eigenvalue weighted by Gasteiger charge is -2.32. The molecule has 0 aromatic carbocycles. The van der Waals surface area contributed by atoms with Gasteiger partial charge in [-0.3, -0.25) is 4.79 Å². The number of piperidine rings is 1. The minimum atomic E-state index is -0.0821. The first-order chi connectivity index (χ1) is 9.65. The molecule has 1 aromatic rings. The number of hydrogen-bond acceptors (Lipinski definition) is 5. The Morgan fingerprint density at radius 2 is 2.25 bits per heavy atom. The van der Waals surface area contributed by atoms with Crippen LogP contribution in [0.4, 0.5) is 5.69 Å². The first kappa shape index (κ1) is 14.3. The highest BCUT2D eigenvalue weighted by atomic mass is 16.5. The van der Waals surface area contributed by atoms with Gasteiger partial charge in [0.05, 0.1) is 24.4 Å². The summed E-state index contributed by atoms with van der Waals surface area (Å²) in [7, 11) is 0. The van der Waals surface area contributed by atoms with E-state index in [-0.39, 0.29) is 11.9 Å². The van der Waals surface area contributed by atoms with Crippen LogP contribution in [-0.2, 0) is 9.53 Å². The molecule has 1 saturated heterocycles. The quantitative estimate of drug-likeness (QED) is 0.788. The van der Waals surface area contributed by atoms with Gasteiger partial charge in [-0.15, -0.1) is 0 Å². The van der Waals surface area contributed by atoms with E-state index in [1.54, 1.807) is 6.20 Å². The molecule has 2 heterocycles. The largest absolute Gasteiger partial charge is 0.466 e. The summed E-state index contributed by atoms with van der Waals surface area (Å²) < 4.78 is 5.07. The second-order valence-corrected chi connectivity index (χ2v) is 4.98. The maximum Gasteiger partial charge on any atom is 0.309 e. The Morgan fingerprint density at radius 1 is 1.55 bits per heavy atom. The number of ether oxygens (including phenoxy) is 1. The molecule has 5 nitrogen and oxygen atoms in total. The molecule has 1 aliphatic heterocycles. The Balaban J connectivity index is 1.99. The van der Waals surface area contributed by atoms with Gasteiger partial charge in [-0.05, 0) is 38.3 Å². The molecule has 0 unspecified atom stereocenters.